The lowest BCUT2D eigenvalue weighted by Gasteiger charge is -2.10. The zero-order valence-corrected chi connectivity index (χ0v) is 15.4. The molecule has 142 valence electrons. The summed E-state index contributed by atoms with van der Waals surface area (Å²) >= 11 is 0. The van der Waals surface area contributed by atoms with Crippen LogP contribution >= 0.6 is 0 Å². The SMILES string of the molecule is COc1ccccc1CNC(=O)c1cc(C(=O)NCc2ccccn2)ccn1. The highest BCUT2D eigenvalue weighted by atomic mass is 16.5. The molecule has 0 atom stereocenters. The number of carbonyl (C=O) groups is 2. The van der Waals surface area contributed by atoms with Crippen molar-refractivity contribution in [1.82, 2.24) is 20.6 Å². The van der Waals surface area contributed by atoms with Crippen molar-refractivity contribution in [3.63, 3.8) is 0 Å². The molecule has 2 aromatic heterocycles. The number of pyridine rings is 2. The molecule has 3 aromatic rings. The van der Waals surface area contributed by atoms with E-state index in [4.69, 9.17) is 4.74 Å². The van der Waals surface area contributed by atoms with Crippen LogP contribution in [-0.4, -0.2) is 28.9 Å². The minimum atomic E-state index is -0.370. The molecule has 7 nitrogen and oxygen atoms in total. The van der Waals surface area contributed by atoms with Gasteiger partial charge in [0, 0.05) is 30.1 Å². The Morgan fingerprint density at radius 1 is 0.893 bits per heavy atom. The summed E-state index contributed by atoms with van der Waals surface area (Å²) in [5.41, 5.74) is 2.12. The number of rotatable bonds is 7. The highest BCUT2D eigenvalue weighted by molar-refractivity contribution is 5.98. The van der Waals surface area contributed by atoms with Gasteiger partial charge in [-0.05, 0) is 30.3 Å². The van der Waals surface area contributed by atoms with Crippen LogP contribution in [0.3, 0.4) is 0 Å². The molecule has 0 aliphatic carbocycles. The number of aromatic nitrogens is 2. The highest BCUT2D eigenvalue weighted by Crippen LogP contribution is 2.16. The van der Waals surface area contributed by atoms with Gasteiger partial charge in [0.05, 0.1) is 19.3 Å². The van der Waals surface area contributed by atoms with Gasteiger partial charge in [-0.15, -0.1) is 0 Å². The van der Waals surface area contributed by atoms with Crippen molar-refractivity contribution in [3.05, 3.63) is 89.5 Å². The Morgan fingerprint density at radius 2 is 1.68 bits per heavy atom. The quantitative estimate of drug-likeness (QED) is 0.660. The summed E-state index contributed by atoms with van der Waals surface area (Å²) in [6, 6.07) is 15.9. The van der Waals surface area contributed by atoms with Crippen molar-refractivity contribution in [3.8, 4) is 5.75 Å². The largest absolute Gasteiger partial charge is 0.496 e. The topological polar surface area (TPSA) is 93.2 Å². The Morgan fingerprint density at radius 3 is 2.46 bits per heavy atom. The number of carbonyl (C=O) groups excluding carboxylic acids is 2. The molecule has 0 radical (unpaired) electrons. The van der Waals surface area contributed by atoms with Crippen LogP contribution in [0.1, 0.15) is 32.1 Å². The molecule has 0 fully saturated rings. The number of amides is 2. The van der Waals surface area contributed by atoms with Crippen LogP contribution in [-0.2, 0) is 13.1 Å². The fraction of sp³-hybridized carbons (Fsp3) is 0.143. The molecular weight excluding hydrogens is 356 g/mol. The molecule has 0 aliphatic rings. The van der Waals surface area contributed by atoms with Crippen LogP contribution < -0.4 is 15.4 Å². The Kier molecular flexibility index (Phi) is 6.30. The molecule has 0 saturated carbocycles. The fourth-order valence-corrected chi connectivity index (χ4v) is 2.59. The second-order valence-corrected chi connectivity index (χ2v) is 5.93. The molecule has 0 unspecified atom stereocenters. The van der Waals surface area contributed by atoms with Gasteiger partial charge in [-0.3, -0.25) is 19.6 Å². The van der Waals surface area contributed by atoms with Gasteiger partial charge < -0.3 is 15.4 Å². The number of ether oxygens (including phenoxy) is 1. The van der Waals surface area contributed by atoms with Crippen molar-refractivity contribution in [2.75, 3.05) is 7.11 Å². The predicted octanol–water partition coefficient (Wildman–Crippen LogP) is 2.35. The summed E-state index contributed by atoms with van der Waals surface area (Å²) in [6.07, 6.45) is 3.10. The van der Waals surface area contributed by atoms with Crippen molar-refractivity contribution >= 4 is 11.8 Å². The monoisotopic (exact) mass is 376 g/mol. The Bertz CT molecular complexity index is 961. The van der Waals surface area contributed by atoms with E-state index in [-0.39, 0.29) is 17.5 Å². The van der Waals surface area contributed by atoms with E-state index in [1.165, 1.54) is 12.3 Å². The highest BCUT2D eigenvalue weighted by Gasteiger charge is 2.12. The third kappa shape index (κ3) is 4.91. The van der Waals surface area contributed by atoms with E-state index in [1.54, 1.807) is 19.4 Å². The van der Waals surface area contributed by atoms with Gasteiger partial charge in [0.1, 0.15) is 11.4 Å². The van der Waals surface area contributed by atoms with Crippen LogP contribution in [0.15, 0.2) is 67.0 Å². The first-order valence-electron chi connectivity index (χ1n) is 8.71. The second-order valence-electron chi connectivity index (χ2n) is 5.93. The number of hydrogen-bond donors (Lipinski definition) is 2. The Hall–Kier alpha value is -3.74. The van der Waals surface area contributed by atoms with Gasteiger partial charge in [0.25, 0.3) is 11.8 Å². The Labute approximate surface area is 162 Å². The summed E-state index contributed by atoms with van der Waals surface area (Å²) in [4.78, 5) is 33.0. The maximum atomic E-state index is 12.4. The molecule has 0 saturated heterocycles. The molecule has 2 heterocycles. The standard InChI is InChI=1S/C21H20N4O3/c1-28-19-8-3-2-6-16(19)13-24-21(27)18-12-15(9-11-23-18)20(26)25-14-17-7-4-5-10-22-17/h2-12H,13-14H2,1H3,(H,24,27)(H,25,26). The third-order valence-electron chi connectivity index (χ3n) is 4.04. The lowest BCUT2D eigenvalue weighted by molar-refractivity contribution is 0.0945. The average Bonchev–Trinajstić information content (AvgIpc) is 2.76. The van der Waals surface area contributed by atoms with Crippen LogP contribution in [0.2, 0.25) is 0 Å². The minimum Gasteiger partial charge on any atom is -0.496 e. The lowest BCUT2D eigenvalue weighted by atomic mass is 10.2. The van der Waals surface area contributed by atoms with Crippen LogP contribution in [0.5, 0.6) is 5.75 Å². The van der Waals surface area contributed by atoms with E-state index in [0.717, 1.165) is 11.3 Å². The van der Waals surface area contributed by atoms with Gasteiger partial charge in [-0.1, -0.05) is 24.3 Å². The maximum absolute atomic E-state index is 12.4. The number of nitrogens with one attached hydrogen (secondary N) is 2. The molecule has 3 rings (SSSR count). The number of hydrogen-bond acceptors (Lipinski definition) is 5. The van der Waals surface area contributed by atoms with Crippen molar-refractivity contribution in [1.29, 1.82) is 0 Å². The van der Waals surface area contributed by atoms with Gasteiger partial charge in [0.15, 0.2) is 0 Å². The molecule has 0 bridgehead atoms. The minimum absolute atomic E-state index is 0.167. The molecule has 7 heteroatoms. The van der Waals surface area contributed by atoms with Crippen molar-refractivity contribution < 1.29 is 14.3 Å². The van der Waals surface area contributed by atoms with Gasteiger partial charge >= 0.3 is 0 Å². The van der Waals surface area contributed by atoms with E-state index >= 15 is 0 Å². The van der Waals surface area contributed by atoms with E-state index in [2.05, 4.69) is 20.6 Å². The Balaban J connectivity index is 1.61. The predicted molar refractivity (Wildman–Crippen MR) is 104 cm³/mol. The fourth-order valence-electron chi connectivity index (χ4n) is 2.59. The molecule has 1 aromatic carbocycles. The number of para-hydroxylation sites is 1. The molecule has 0 aliphatic heterocycles. The normalized spacial score (nSPS) is 10.2. The van der Waals surface area contributed by atoms with Crippen LogP contribution in [0.25, 0.3) is 0 Å². The summed E-state index contributed by atoms with van der Waals surface area (Å²) in [6.45, 7) is 0.595. The lowest BCUT2D eigenvalue weighted by Crippen LogP contribution is -2.26. The third-order valence-corrected chi connectivity index (χ3v) is 4.04. The van der Waals surface area contributed by atoms with Crippen molar-refractivity contribution in [2.24, 2.45) is 0 Å². The van der Waals surface area contributed by atoms with Crippen LogP contribution in [0.4, 0.5) is 0 Å². The van der Waals surface area contributed by atoms with E-state index in [9.17, 15) is 9.59 Å². The summed E-state index contributed by atoms with van der Waals surface area (Å²) in [7, 11) is 1.58. The first-order valence-corrected chi connectivity index (χ1v) is 8.71. The van der Waals surface area contributed by atoms with E-state index in [1.807, 2.05) is 42.5 Å². The molecular formula is C21H20N4O3. The molecule has 2 amide bonds. The van der Waals surface area contributed by atoms with Crippen LogP contribution in [0, 0.1) is 0 Å². The molecule has 28 heavy (non-hydrogen) atoms. The first-order chi connectivity index (χ1) is 13.7. The summed E-state index contributed by atoms with van der Waals surface area (Å²) < 4.78 is 5.27. The van der Waals surface area contributed by atoms with Crippen molar-refractivity contribution in [2.45, 2.75) is 13.1 Å². The first kappa shape index (κ1) is 19.0. The smallest absolute Gasteiger partial charge is 0.270 e. The number of methoxy groups -OCH3 is 1. The van der Waals surface area contributed by atoms with Gasteiger partial charge in [-0.25, -0.2) is 0 Å². The second kappa shape index (κ2) is 9.27. The zero-order chi connectivity index (χ0) is 19.8. The molecule has 0 spiro atoms. The molecule has 2 N–H and O–H groups in total. The maximum Gasteiger partial charge on any atom is 0.270 e. The van der Waals surface area contributed by atoms with Gasteiger partial charge in [-0.2, -0.15) is 0 Å². The summed E-state index contributed by atoms with van der Waals surface area (Å²) in [5, 5.41) is 5.57. The zero-order valence-electron chi connectivity index (χ0n) is 15.4. The van der Waals surface area contributed by atoms with Gasteiger partial charge in [0.2, 0.25) is 0 Å². The number of nitrogens with zero attached hydrogens (tertiary/aromatic N) is 2. The van der Waals surface area contributed by atoms with E-state index in [0.29, 0.717) is 24.4 Å². The number of benzene rings is 1. The summed E-state index contributed by atoms with van der Waals surface area (Å²) in [5.74, 6) is 0.0236. The average molecular weight is 376 g/mol. The van der Waals surface area contributed by atoms with E-state index < -0.39 is 0 Å².